The molecule has 0 aliphatic carbocycles. The lowest BCUT2D eigenvalue weighted by Gasteiger charge is -2.19. The van der Waals surface area contributed by atoms with Crippen molar-refractivity contribution >= 4 is 0 Å². The monoisotopic (exact) mass is 1200 g/mol. The van der Waals surface area contributed by atoms with Gasteiger partial charge in [0.15, 0.2) is 0 Å². The molecule has 11 rings (SSSR count). The number of pyridine rings is 6. The topological polar surface area (TPSA) is 95.8 Å². The maximum Gasteiger partial charge on any atom is 0.136 e. The van der Waals surface area contributed by atoms with Crippen molar-refractivity contribution in [2.75, 3.05) is 13.2 Å². The van der Waals surface area contributed by atoms with Gasteiger partial charge in [0.1, 0.15) is 11.5 Å². The molecule has 8 heteroatoms. The first-order chi connectivity index (χ1) is 45.4. The van der Waals surface area contributed by atoms with E-state index in [2.05, 4.69) is 168 Å². The van der Waals surface area contributed by atoms with Gasteiger partial charge in [-0.1, -0.05) is 162 Å². The fourth-order valence-electron chi connectivity index (χ4n) is 10.5. The number of hydrogen-bond donors (Lipinski definition) is 0. The van der Waals surface area contributed by atoms with Crippen LogP contribution >= 0.6 is 0 Å². The maximum absolute atomic E-state index is 6.77. The molecule has 0 saturated carbocycles. The first-order valence-electron chi connectivity index (χ1n) is 32.0. The van der Waals surface area contributed by atoms with Gasteiger partial charge in [-0.25, -0.2) is 9.97 Å². The SMILES string of the molecule is CCCCC(CC)COc1cc(C#Cc2ccc(C#Cc3ccc(-c4cc(-c5ccccn5)nc(-c5ccccn5)c4)cc3)cc2)c(OCC(CC)CCCC)cc1C#Cc1ccc(C#Cc2ccc(-c3cc(-c4ccccn4)nc(-c4ccccn4)c3)cc2)cc1. The molecule has 0 aliphatic rings. The van der Waals surface area contributed by atoms with Crippen molar-refractivity contribution in [1.29, 1.82) is 0 Å². The Bertz CT molecular complexity index is 4080. The van der Waals surface area contributed by atoms with Gasteiger partial charge in [0.05, 0.1) is 69.9 Å². The van der Waals surface area contributed by atoms with Crippen molar-refractivity contribution in [3.05, 3.63) is 276 Å². The Labute approximate surface area is 542 Å². The molecule has 0 amide bonds. The Morgan fingerprint density at radius 2 is 0.587 bits per heavy atom. The van der Waals surface area contributed by atoms with Crippen molar-refractivity contribution < 1.29 is 9.47 Å². The number of rotatable bonds is 20. The third kappa shape index (κ3) is 17.2. The molecule has 6 heterocycles. The Morgan fingerprint density at radius 1 is 0.304 bits per heavy atom. The predicted molar refractivity (Wildman–Crippen MR) is 373 cm³/mol. The van der Waals surface area contributed by atoms with Crippen LogP contribution in [0.2, 0.25) is 0 Å². The molecule has 2 unspecified atom stereocenters. The summed E-state index contributed by atoms with van der Waals surface area (Å²) in [5.74, 6) is 29.6. The molecule has 2 atom stereocenters. The maximum atomic E-state index is 6.77. The van der Waals surface area contributed by atoms with Gasteiger partial charge in [-0.2, -0.15) is 0 Å². The lowest BCUT2D eigenvalue weighted by Crippen LogP contribution is -2.13. The van der Waals surface area contributed by atoms with Crippen LogP contribution in [0.3, 0.4) is 0 Å². The van der Waals surface area contributed by atoms with E-state index in [1.165, 1.54) is 0 Å². The Hall–Kier alpha value is -11.2. The molecule has 8 nitrogen and oxygen atoms in total. The summed E-state index contributed by atoms with van der Waals surface area (Å²) >= 11 is 0. The largest absolute Gasteiger partial charge is 0.492 e. The van der Waals surface area contributed by atoms with Gasteiger partial charge < -0.3 is 9.47 Å². The smallest absolute Gasteiger partial charge is 0.136 e. The summed E-state index contributed by atoms with van der Waals surface area (Å²) in [6.45, 7) is 10.1. The lowest BCUT2D eigenvalue weighted by atomic mass is 10.00. The first kappa shape index (κ1) is 62.4. The third-order valence-electron chi connectivity index (χ3n) is 16.1. The van der Waals surface area contributed by atoms with Gasteiger partial charge in [-0.15, -0.1) is 0 Å². The second kappa shape index (κ2) is 31.8. The van der Waals surface area contributed by atoms with E-state index in [1.807, 2.05) is 133 Å². The van der Waals surface area contributed by atoms with E-state index in [9.17, 15) is 0 Å². The standard InChI is InChI=1S/C84H72N6O2/c1-5-9-19-61(7-3)59-91-83-57-72(48-42-66-33-27-64(28-34-66)30-36-68-39-45-70(46-40-68)74-55-81(77-23-13-17-51-87-77)90-82(56-74)78-24-14-18-52-88-78)84(92-60-62(8-4)20-10-6-2)58-71(83)47-41-65-31-25-63(26-32-65)29-35-67-37-43-69(44-38-67)73-53-79(75-21-11-15-49-85-75)89-80(54-73)76-22-12-16-50-86-76/h11-18,21-28,31-34,37-40,43-46,49-58,61-62H,5-10,19-20,59-60H2,1-4H3. The van der Waals surface area contributed by atoms with E-state index < -0.39 is 0 Å². The van der Waals surface area contributed by atoms with Crippen LogP contribution in [0.5, 0.6) is 11.5 Å². The number of aromatic nitrogens is 6. The zero-order valence-corrected chi connectivity index (χ0v) is 52.7. The van der Waals surface area contributed by atoms with Crippen LogP contribution in [0.1, 0.15) is 124 Å². The van der Waals surface area contributed by atoms with Gasteiger partial charge in [0.25, 0.3) is 0 Å². The number of nitrogens with zero attached hydrogens (tertiary/aromatic N) is 6. The zero-order chi connectivity index (χ0) is 63.1. The van der Waals surface area contributed by atoms with Crippen LogP contribution in [0.4, 0.5) is 0 Å². The van der Waals surface area contributed by atoms with E-state index in [1.54, 1.807) is 24.8 Å². The van der Waals surface area contributed by atoms with Crippen LogP contribution in [-0.4, -0.2) is 43.1 Å². The van der Waals surface area contributed by atoms with E-state index in [0.717, 1.165) is 164 Å². The van der Waals surface area contributed by atoms with E-state index in [4.69, 9.17) is 19.4 Å². The van der Waals surface area contributed by atoms with Crippen molar-refractivity contribution in [2.45, 2.75) is 79.1 Å². The van der Waals surface area contributed by atoms with Crippen molar-refractivity contribution in [1.82, 2.24) is 29.9 Å². The highest BCUT2D eigenvalue weighted by Crippen LogP contribution is 2.33. The van der Waals surface area contributed by atoms with Crippen LogP contribution < -0.4 is 9.47 Å². The van der Waals surface area contributed by atoms with Gasteiger partial charge in [0.2, 0.25) is 0 Å². The van der Waals surface area contributed by atoms with Crippen LogP contribution in [-0.2, 0) is 0 Å². The number of benzene rings is 5. The Kier molecular flexibility index (Phi) is 21.6. The molecular formula is C84H72N6O2. The van der Waals surface area contributed by atoms with Gasteiger partial charge in [-0.3, -0.25) is 19.9 Å². The highest BCUT2D eigenvalue weighted by Gasteiger charge is 2.17. The minimum atomic E-state index is 0.418. The van der Waals surface area contributed by atoms with Gasteiger partial charge in [0, 0.05) is 70.3 Å². The summed E-state index contributed by atoms with van der Waals surface area (Å²) in [7, 11) is 0. The summed E-state index contributed by atoms with van der Waals surface area (Å²) in [5.41, 5.74) is 17.3. The van der Waals surface area contributed by atoms with Gasteiger partial charge in [-0.05, 0) is 193 Å². The molecular weight excluding hydrogens is 1120 g/mol. The molecule has 0 aliphatic heterocycles. The van der Waals surface area contributed by atoms with Crippen LogP contribution in [0, 0.1) is 59.2 Å². The number of unbranched alkanes of at least 4 members (excludes halogenated alkanes) is 2. The Morgan fingerprint density at radius 3 is 0.848 bits per heavy atom. The predicted octanol–water partition coefficient (Wildman–Crippen LogP) is 18.8. The van der Waals surface area contributed by atoms with Crippen molar-refractivity contribution in [3.8, 4) is 127 Å². The second-order valence-corrected chi connectivity index (χ2v) is 22.7. The van der Waals surface area contributed by atoms with E-state index in [0.29, 0.717) is 36.5 Å². The number of hydrogen-bond acceptors (Lipinski definition) is 8. The molecule has 6 aromatic heterocycles. The highest BCUT2D eigenvalue weighted by atomic mass is 16.5. The van der Waals surface area contributed by atoms with Crippen molar-refractivity contribution in [2.24, 2.45) is 11.8 Å². The van der Waals surface area contributed by atoms with E-state index >= 15 is 0 Å². The number of ether oxygens (including phenoxy) is 2. The molecule has 450 valence electrons. The summed E-state index contributed by atoms with van der Waals surface area (Å²) < 4.78 is 13.5. The summed E-state index contributed by atoms with van der Waals surface area (Å²) in [5, 5.41) is 0. The lowest BCUT2D eigenvalue weighted by molar-refractivity contribution is 0.227. The first-order valence-corrected chi connectivity index (χ1v) is 32.0. The summed E-state index contributed by atoms with van der Waals surface area (Å²) in [6, 6.07) is 68.6. The van der Waals surface area contributed by atoms with Gasteiger partial charge >= 0.3 is 0 Å². The summed E-state index contributed by atoms with van der Waals surface area (Å²) in [6.07, 6.45) is 16.0. The molecule has 0 spiro atoms. The molecule has 92 heavy (non-hydrogen) atoms. The molecule has 5 aromatic carbocycles. The Balaban J connectivity index is 0.822. The van der Waals surface area contributed by atoms with Crippen LogP contribution in [0.25, 0.3) is 67.8 Å². The fraction of sp³-hybridized carbons (Fsp3) is 0.190. The minimum absolute atomic E-state index is 0.418. The molecule has 0 N–H and O–H groups in total. The quantitative estimate of drug-likeness (QED) is 0.0697. The third-order valence-corrected chi connectivity index (χ3v) is 16.1. The normalized spacial score (nSPS) is 11.3. The van der Waals surface area contributed by atoms with Crippen molar-refractivity contribution in [3.63, 3.8) is 0 Å². The second-order valence-electron chi connectivity index (χ2n) is 22.7. The highest BCUT2D eigenvalue weighted by molar-refractivity contribution is 5.77. The molecule has 0 saturated heterocycles. The zero-order valence-electron chi connectivity index (χ0n) is 52.7. The molecule has 11 aromatic rings. The average molecular weight is 1200 g/mol. The average Bonchev–Trinajstić information content (AvgIpc) is 0.950. The van der Waals surface area contributed by atoms with Crippen LogP contribution in [0.15, 0.2) is 231 Å². The van der Waals surface area contributed by atoms with E-state index in [-0.39, 0.29) is 0 Å². The molecule has 0 bridgehead atoms. The minimum Gasteiger partial charge on any atom is -0.492 e. The molecule has 0 radical (unpaired) electrons. The summed E-state index contributed by atoms with van der Waals surface area (Å²) in [4.78, 5) is 28.2. The fourth-order valence-corrected chi connectivity index (χ4v) is 10.5. The molecule has 0 fully saturated rings.